The van der Waals surface area contributed by atoms with Gasteiger partial charge in [-0.05, 0) is 18.2 Å². The maximum atomic E-state index is 12.5. The molecule has 0 spiro atoms. The van der Waals surface area contributed by atoms with Gasteiger partial charge in [-0.25, -0.2) is 0 Å². The number of methoxy groups -OCH3 is 1. The topological polar surface area (TPSA) is 42.4 Å². The minimum Gasteiger partial charge on any atom is -0.383 e. The number of alkyl halides is 1. The molecule has 1 unspecified atom stereocenters. The summed E-state index contributed by atoms with van der Waals surface area (Å²) in [6.07, 6.45) is 1.73. The lowest BCUT2D eigenvalue weighted by Gasteiger charge is -2.21. The highest BCUT2D eigenvalue weighted by Gasteiger charge is 2.17. The normalized spacial score (nSPS) is 12.3. The van der Waals surface area contributed by atoms with Gasteiger partial charge < -0.3 is 9.64 Å². The Morgan fingerprint density at radius 3 is 2.95 bits per heavy atom. The molecule has 0 aliphatic heterocycles. The number of fused-ring (bicyclic) bond motifs is 1. The number of amides is 1. The molecular weight excluding hydrogens is 320 g/mol. The molecule has 0 N–H and O–H groups in total. The van der Waals surface area contributed by atoms with Crippen molar-refractivity contribution in [3.63, 3.8) is 0 Å². The van der Waals surface area contributed by atoms with E-state index < -0.39 is 0 Å². The van der Waals surface area contributed by atoms with E-state index >= 15 is 0 Å². The van der Waals surface area contributed by atoms with Crippen molar-refractivity contribution in [3.05, 3.63) is 42.1 Å². The smallest absolute Gasteiger partial charge is 0.254 e. The van der Waals surface area contributed by atoms with Gasteiger partial charge in [-0.2, -0.15) is 0 Å². The first-order valence-corrected chi connectivity index (χ1v) is 7.27. The molecule has 106 valence electrons. The minimum absolute atomic E-state index is 0.0100. The van der Waals surface area contributed by atoms with E-state index in [1.165, 1.54) is 0 Å². The van der Waals surface area contributed by atoms with Crippen LogP contribution in [0.5, 0.6) is 0 Å². The van der Waals surface area contributed by atoms with Gasteiger partial charge in [0.05, 0.1) is 17.0 Å². The van der Waals surface area contributed by atoms with E-state index in [0.717, 1.165) is 10.9 Å². The summed E-state index contributed by atoms with van der Waals surface area (Å²) in [7, 11) is 3.44. The number of benzene rings is 1. The van der Waals surface area contributed by atoms with Crippen molar-refractivity contribution in [2.45, 2.75) is 4.83 Å². The van der Waals surface area contributed by atoms with Crippen LogP contribution in [0.2, 0.25) is 0 Å². The van der Waals surface area contributed by atoms with Gasteiger partial charge >= 0.3 is 0 Å². The van der Waals surface area contributed by atoms with Gasteiger partial charge in [0.15, 0.2) is 0 Å². The molecule has 0 bridgehead atoms. The molecule has 0 aliphatic carbocycles. The van der Waals surface area contributed by atoms with E-state index in [4.69, 9.17) is 4.74 Å². The summed E-state index contributed by atoms with van der Waals surface area (Å²) in [5, 5.41) is 0.879. The Morgan fingerprint density at radius 1 is 1.40 bits per heavy atom. The lowest BCUT2D eigenvalue weighted by Crippen LogP contribution is -2.33. The third-order valence-electron chi connectivity index (χ3n) is 3.04. The van der Waals surface area contributed by atoms with Gasteiger partial charge in [0.25, 0.3) is 5.91 Å². The van der Waals surface area contributed by atoms with Crippen LogP contribution in [0.1, 0.15) is 10.4 Å². The highest BCUT2D eigenvalue weighted by molar-refractivity contribution is 9.09. The van der Waals surface area contributed by atoms with Gasteiger partial charge in [0.2, 0.25) is 0 Å². The number of nitrogens with zero attached hydrogens (tertiary/aromatic N) is 2. The van der Waals surface area contributed by atoms with Crippen LogP contribution in [-0.2, 0) is 4.74 Å². The van der Waals surface area contributed by atoms with Crippen LogP contribution in [0, 0.1) is 0 Å². The molecule has 1 atom stereocenters. The highest BCUT2D eigenvalue weighted by Crippen LogP contribution is 2.18. The molecule has 0 aliphatic rings. The second-order valence-corrected chi connectivity index (χ2v) is 5.91. The molecule has 1 aromatic heterocycles. The molecule has 2 rings (SSSR count). The number of hydrogen-bond donors (Lipinski definition) is 0. The maximum Gasteiger partial charge on any atom is 0.254 e. The predicted octanol–water partition coefficient (Wildman–Crippen LogP) is 2.72. The van der Waals surface area contributed by atoms with Gasteiger partial charge in [-0.3, -0.25) is 9.78 Å². The number of rotatable bonds is 5. The fourth-order valence-electron chi connectivity index (χ4n) is 2.11. The first-order valence-electron chi connectivity index (χ1n) is 6.35. The molecule has 20 heavy (non-hydrogen) atoms. The molecule has 0 fully saturated rings. The highest BCUT2D eigenvalue weighted by atomic mass is 79.9. The SMILES string of the molecule is COCC(Br)CN(C)C(=O)c1cccc2ncccc12. The zero-order valence-corrected chi connectivity index (χ0v) is 13.1. The summed E-state index contributed by atoms with van der Waals surface area (Å²) < 4.78 is 5.07. The molecule has 5 heteroatoms. The van der Waals surface area contributed by atoms with Crippen molar-refractivity contribution in [3.8, 4) is 0 Å². The summed E-state index contributed by atoms with van der Waals surface area (Å²) in [5.41, 5.74) is 1.51. The zero-order valence-electron chi connectivity index (χ0n) is 11.5. The lowest BCUT2D eigenvalue weighted by atomic mass is 10.1. The maximum absolute atomic E-state index is 12.5. The predicted molar refractivity (Wildman–Crippen MR) is 83.3 cm³/mol. The molecule has 0 radical (unpaired) electrons. The number of aromatic nitrogens is 1. The van der Waals surface area contributed by atoms with Crippen molar-refractivity contribution in [2.24, 2.45) is 0 Å². The van der Waals surface area contributed by atoms with Crippen molar-refractivity contribution >= 4 is 32.7 Å². The average Bonchev–Trinajstić information content (AvgIpc) is 2.46. The fraction of sp³-hybridized carbons (Fsp3) is 0.333. The Bertz CT molecular complexity index is 598. The third-order valence-corrected chi connectivity index (χ3v) is 3.60. The number of hydrogen-bond acceptors (Lipinski definition) is 3. The Hall–Kier alpha value is -1.46. The van der Waals surface area contributed by atoms with Gasteiger partial charge in [-0.1, -0.05) is 28.1 Å². The van der Waals surface area contributed by atoms with Crippen molar-refractivity contribution in [1.82, 2.24) is 9.88 Å². The van der Waals surface area contributed by atoms with Crippen LogP contribution in [0.4, 0.5) is 0 Å². The standard InChI is InChI=1S/C15H17BrN2O2/c1-18(9-11(16)10-20-2)15(19)13-5-3-7-14-12(13)6-4-8-17-14/h3-8,11H,9-10H2,1-2H3. The van der Waals surface area contributed by atoms with Gasteiger partial charge in [0.1, 0.15) is 0 Å². The number of pyridine rings is 1. The molecule has 0 saturated heterocycles. The van der Waals surface area contributed by atoms with Crippen molar-refractivity contribution in [2.75, 3.05) is 27.3 Å². The van der Waals surface area contributed by atoms with Crippen LogP contribution in [0.15, 0.2) is 36.5 Å². The Balaban J connectivity index is 2.23. The van der Waals surface area contributed by atoms with Gasteiger partial charge in [0, 0.05) is 37.8 Å². The van der Waals surface area contributed by atoms with Crippen LogP contribution >= 0.6 is 15.9 Å². The van der Waals surface area contributed by atoms with Crippen LogP contribution in [0.3, 0.4) is 0 Å². The van der Waals surface area contributed by atoms with Crippen LogP contribution in [-0.4, -0.2) is 47.9 Å². The zero-order chi connectivity index (χ0) is 14.5. The number of carbonyl (C=O) groups is 1. The quantitative estimate of drug-likeness (QED) is 0.788. The second kappa shape index (κ2) is 6.81. The molecule has 1 aromatic carbocycles. The molecule has 1 amide bonds. The molecule has 4 nitrogen and oxygen atoms in total. The Kier molecular flexibility index (Phi) is 5.09. The van der Waals surface area contributed by atoms with Crippen LogP contribution < -0.4 is 0 Å². The van der Waals surface area contributed by atoms with E-state index in [9.17, 15) is 4.79 Å². The summed E-state index contributed by atoms with van der Waals surface area (Å²) in [4.78, 5) is 18.6. The molecule has 1 heterocycles. The lowest BCUT2D eigenvalue weighted by molar-refractivity contribution is 0.0786. The Morgan fingerprint density at radius 2 is 2.20 bits per heavy atom. The van der Waals surface area contributed by atoms with E-state index in [1.807, 2.05) is 30.3 Å². The minimum atomic E-state index is -0.0100. The van der Waals surface area contributed by atoms with Crippen molar-refractivity contribution in [1.29, 1.82) is 0 Å². The second-order valence-electron chi connectivity index (χ2n) is 4.61. The fourth-order valence-corrected chi connectivity index (χ4v) is 2.81. The first-order chi connectivity index (χ1) is 9.63. The summed E-state index contributed by atoms with van der Waals surface area (Å²) in [6, 6.07) is 9.37. The number of carbonyl (C=O) groups excluding carboxylic acids is 1. The van der Waals surface area contributed by atoms with E-state index in [-0.39, 0.29) is 10.7 Å². The van der Waals surface area contributed by atoms with Crippen molar-refractivity contribution < 1.29 is 9.53 Å². The number of halogens is 1. The average molecular weight is 337 g/mol. The molecule has 0 saturated carbocycles. The summed E-state index contributed by atoms with van der Waals surface area (Å²) in [6.45, 7) is 1.15. The Labute approximate surface area is 126 Å². The van der Waals surface area contributed by atoms with E-state index in [0.29, 0.717) is 18.7 Å². The van der Waals surface area contributed by atoms with E-state index in [1.54, 1.807) is 25.3 Å². The third kappa shape index (κ3) is 3.35. The van der Waals surface area contributed by atoms with E-state index in [2.05, 4.69) is 20.9 Å². The monoisotopic (exact) mass is 336 g/mol. The van der Waals surface area contributed by atoms with Gasteiger partial charge in [-0.15, -0.1) is 0 Å². The number of ether oxygens (including phenoxy) is 1. The van der Waals surface area contributed by atoms with Crippen LogP contribution in [0.25, 0.3) is 10.9 Å². The summed E-state index contributed by atoms with van der Waals surface area (Å²) >= 11 is 3.50. The summed E-state index contributed by atoms with van der Waals surface area (Å²) in [5.74, 6) is -0.0100. The first kappa shape index (κ1) is 14.9. The molecular formula is C15H17BrN2O2. The largest absolute Gasteiger partial charge is 0.383 e. The molecule has 2 aromatic rings.